The van der Waals surface area contributed by atoms with Crippen LogP contribution in [0.15, 0.2) is 24.3 Å². The number of carbonyl (C=O) groups excluding carboxylic acids is 2. The monoisotopic (exact) mass is 359 g/mol. The third kappa shape index (κ3) is 5.09. The van der Waals surface area contributed by atoms with Gasteiger partial charge in [0.1, 0.15) is 0 Å². The first-order valence-corrected chi connectivity index (χ1v) is 7.94. The van der Waals surface area contributed by atoms with Crippen LogP contribution in [0.4, 0.5) is 0 Å². The fourth-order valence-electron chi connectivity index (χ4n) is 2.53. The fraction of sp³-hybridized carbons (Fsp3) is 0.500. The molecule has 23 heavy (non-hydrogen) atoms. The van der Waals surface area contributed by atoms with Crippen LogP contribution in [0.3, 0.4) is 0 Å². The van der Waals surface area contributed by atoms with Gasteiger partial charge in [-0.05, 0) is 30.7 Å². The SMILES string of the molecule is CC(CN)C(=O)N1CCCN(C(=O)c2ccc(Cl)cc2)CC1.Cl. The second-order valence-corrected chi connectivity index (χ2v) is 6.05. The Hall–Kier alpha value is -1.30. The largest absolute Gasteiger partial charge is 0.341 e. The zero-order valence-corrected chi connectivity index (χ0v) is 14.8. The molecule has 0 saturated carbocycles. The average molecular weight is 360 g/mol. The van der Waals surface area contributed by atoms with Crippen molar-refractivity contribution >= 4 is 35.8 Å². The van der Waals surface area contributed by atoms with Crippen LogP contribution in [0.2, 0.25) is 5.02 Å². The van der Waals surface area contributed by atoms with Gasteiger partial charge in [-0.2, -0.15) is 0 Å². The van der Waals surface area contributed by atoms with Gasteiger partial charge in [-0.25, -0.2) is 0 Å². The van der Waals surface area contributed by atoms with E-state index in [1.165, 1.54) is 0 Å². The molecule has 1 aromatic carbocycles. The highest BCUT2D eigenvalue weighted by Crippen LogP contribution is 2.14. The first-order chi connectivity index (χ1) is 10.5. The molecule has 128 valence electrons. The number of carbonyl (C=O) groups is 2. The van der Waals surface area contributed by atoms with E-state index in [0.717, 1.165) is 6.42 Å². The summed E-state index contributed by atoms with van der Waals surface area (Å²) in [6.45, 7) is 4.62. The molecule has 0 spiro atoms. The molecule has 0 aromatic heterocycles. The molecule has 2 amide bonds. The van der Waals surface area contributed by atoms with Gasteiger partial charge < -0.3 is 15.5 Å². The second kappa shape index (κ2) is 9.11. The molecule has 0 radical (unpaired) electrons. The molecule has 0 aliphatic carbocycles. The predicted molar refractivity (Wildman–Crippen MR) is 94.0 cm³/mol. The third-order valence-corrected chi connectivity index (χ3v) is 4.21. The van der Waals surface area contributed by atoms with Crippen molar-refractivity contribution in [3.63, 3.8) is 0 Å². The van der Waals surface area contributed by atoms with E-state index < -0.39 is 0 Å². The van der Waals surface area contributed by atoms with E-state index in [0.29, 0.717) is 43.3 Å². The van der Waals surface area contributed by atoms with Gasteiger partial charge in [0.05, 0.1) is 0 Å². The summed E-state index contributed by atoms with van der Waals surface area (Å²) in [7, 11) is 0. The lowest BCUT2D eigenvalue weighted by Gasteiger charge is -2.24. The Morgan fingerprint density at radius 1 is 1.13 bits per heavy atom. The number of halogens is 2. The van der Waals surface area contributed by atoms with Crippen LogP contribution in [0.25, 0.3) is 0 Å². The molecule has 1 fully saturated rings. The summed E-state index contributed by atoms with van der Waals surface area (Å²) >= 11 is 5.85. The van der Waals surface area contributed by atoms with Gasteiger partial charge in [-0.3, -0.25) is 9.59 Å². The summed E-state index contributed by atoms with van der Waals surface area (Å²) in [5.74, 6) is -0.111. The van der Waals surface area contributed by atoms with E-state index in [2.05, 4.69) is 0 Å². The first-order valence-electron chi connectivity index (χ1n) is 7.56. The van der Waals surface area contributed by atoms with Gasteiger partial charge >= 0.3 is 0 Å². The summed E-state index contributed by atoms with van der Waals surface area (Å²) in [5, 5.41) is 0.611. The second-order valence-electron chi connectivity index (χ2n) is 5.61. The molecule has 1 aliphatic heterocycles. The van der Waals surface area contributed by atoms with Crippen molar-refractivity contribution < 1.29 is 9.59 Å². The number of rotatable bonds is 3. The molecule has 1 heterocycles. The van der Waals surface area contributed by atoms with Gasteiger partial charge in [0.25, 0.3) is 5.91 Å². The number of nitrogens with two attached hydrogens (primary N) is 1. The van der Waals surface area contributed by atoms with E-state index in [9.17, 15) is 9.59 Å². The highest BCUT2D eigenvalue weighted by molar-refractivity contribution is 6.30. The standard InChI is InChI=1S/C16H22ClN3O2.ClH/c1-12(11-18)15(21)19-7-2-8-20(10-9-19)16(22)13-3-5-14(17)6-4-13;/h3-6,12H,2,7-11,18H2,1H3;1H. The lowest BCUT2D eigenvalue weighted by molar-refractivity contribution is -0.134. The molecule has 1 unspecified atom stereocenters. The number of hydrogen-bond acceptors (Lipinski definition) is 3. The van der Waals surface area contributed by atoms with Crippen LogP contribution >= 0.6 is 24.0 Å². The topological polar surface area (TPSA) is 66.6 Å². The Kier molecular flexibility index (Phi) is 7.82. The molecule has 2 rings (SSSR count). The zero-order valence-electron chi connectivity index (χ0n) is 13.2. The minimum atomic E-state index is -0.168. The smallest absolute Gasteiger partial charge is 0.253 e. The summed E-state index contributed by atoms with van der Waals surface area (Å²) in [4.78, 5) is 28.3. The minimum absolute atomic E-state index is 0. The van der Waals surface area contributed by atoms with Crippen molar-refractivity contribution in [1.82, 2.24) is 9.80 Å². The number of benzene rings is 1. The summed E-state index contributed by atoms with van der Waals surface area (Å²) in [5.41, 5.74) is 6.18. The van der Waals surface area contributed by atoms with Crippen molar-refractivity contribution in [3.8, 4) is 0 Å². The molecule has 1 atom stereocenters. The number of hydrogen-bond donors (Lipinski definition) is 1. The lowest BCUT2D eigenvalue weighted by Crippen LogP contribution is -2.41. The normalized spacial score (nSPS) is 16.3. The Labute approximate surface area is 148 Å². The summed E-state index contributed by atoms with van der Waals surface area (Å²) in [6.07, 6.45) is 0.780. The van der Waals surface area contributed by atoms with Crippen molar-refractivity contribution in [2.75, 3.05) is 32.7 Å². The summed E-state index contributed by atoms with van der Waals surface area (Å²) < 4.78 is 0. The maximum Gasteiger partial charge on any atom is 0.253 e. The number of nitrogens with zero attached hydrogens (tertiary/aromatic N) is 2. The van der Waals surface area contributed by atoms with E-state index in [4.69, 9.17) is 17.3 Å². The fourth-order valence-corrected chi connectivity index (χ4v) is 2.65. The molecule has 5 nitrogen and oxygen atoms in total. The Bertz CT molecular complexity index is 537. The van der Waals surface area contributed by atoms with Crippen LogP contribution < -0.4 is 5.73 Å². The molecule has 1 saturated heterocycles. The maximum atomic E-state index is 12.5. The first kappa shape index (κ1) is 19.7. The molecule has 1 aliphatic rings. The van der Waals surface area contributed by atoms with Crippen molar-refractivity contribution in [1.29, 1.82) is 0 Å². The Morgan fingerprint density at radius 3 is 2.30 bits per heavy atom. The predicted octanol–water partition coefficient (Wildman–Crippen LogP) is 2.03. The minimum Gasteiger partial charge on any atom is -0.341 e. The average Bonchev–Trinajstić information content (AvgIpc) is 2.79. The molecule has 7 heteroatoms. The zero-order chi connectivity index (χ0) is 16.1. The van der Waals surface area contributed by atoms with Gasteiger partial charge in [-0.1, -0.05) is 18.5 Å². The van der Waals surface area contributed by atoms with Crippen LogP contribution in [-0.4, -0.2) is 54.3 Å². The maximum absolute atomic E-state index is 12.5. The lowest BCUT2D eigenvalue weighted by atomic mass is 10.1. The highest BCUT2D eigenvalue weighted by atomic mass is 35.5. The molecular formula is C16H23Cl2N3O2. The Morgan fingerprint density at radius 2 is 1.70 bits per heavy atom. The van der Waals surface area contributed by atoms with Crippen molar-refractivity contribution in [2.24, 2.45) is 11.7 Å². The quantitative estimate of drug-likeness (QED) is 0.897. The van der Waals surface area contributed by atoms with Crippen molar-refractivity contribution in [2.45, 2.75) is 13.3 Å². The molecule has 2 N–H and O–H groups in total. The van der Waals surface area contributed by atoms with Gasteiger partial charge in [0, 0.05) is 49.2 Å². The molecular weight excluding hydrogens is 337 g/mol. The highest BCUT2D eigenvalue weighted by Gasteiger charge is 2.24. The van der Waals surface area contributed by atoms with Crippen LogP contribution in [0.1, 0.15) is 23.7 Å². The third-order valence-electron chi connectivity index (χ3n) is 3.96. The van der Waals surface area contributed by atoms with Crippen LogP contribution in [0.5, 0.6) is 0 Å². The van der Waals surface area contributed by atoms with Crippen LogP contribution in [0, 0.1) is 5.92 Å². The number of amides is 2. The van der Waals surface area contributed by atoms with Gasteiger partial charge in [0.15, 0.2) is 0 Å². The summed E-state index contributed by atoms with van der Waals surface area (Å²) in [6, 6.07) is 6.89. The Balaban J connectivity index is 0.00000264. The molecule has 1 aromatic rings. The van der Waals surface area contributed by atoms with E-state index in [1.807, 2.05) is 11.8 Å². The van der Waals surface area contributed by atoms with Crippen LogP contribution in [-0.2, 0) is 4.79 Å². The molecule has 0 bridgehead atoms. The van der Waals surface area contributed by atoms with E-state index >= 15 is 0 Å². The van der Waals surface area contributed by atoms with Gasteiger partial charge in [0.2, 0.25) is 5.91 Å². The van der Waals surface area contributed by atoms with E-state index in [-0.39, 0.29) is 30.1 Å². The van der Waals surface area contributed by atoms with Gasteiger partial charge in [-0.15, -0.1) is 12.4 Å². The van der Waals surface area contributed by atoms with E-state index in [1.54, 1.807) is 29.2 Å². The van der Waals surface area contributed by atoms with Crippen molar-refractivity contribution in [3.05, 3.63) is 34.9 Å².